The molecule has 0 radical (unpaired) electrons. The fourth-order valence-electron chi connectivity index (χ4n) is 3.84. The van der Waals surface area contributed by atoms with Gasteiger partial charge in [-0.1, -0.05) is 0 Å². The Morgan fingerprint density at radius 3 is 2.61 bits per heavy atom. The van der Waals surface area contributed by atoms with Gasteiger partial charge in [-0.15, -0.1) is 0 Å². The molecule has 0 spiro atoms. The van der Waals surface area contributed by atoms with E-state index < -0.39 is 12.3 Å². The number of carbonyl (C=O) groups is 3. The Bertz CT molecular complexity index is 995. The summed E-state index contributed by atoms with van der Waals surface area (Å²) >= 11 is 0. The Balaban J connectivity index is 1.41. The largest absolute Gasteiger partial charge is 0.369 e. The molecule has 0 bridgehead atoms. The molecule has 1 unspecified atom stereocenters. The van der Waals surface area contributed by atoms with Crippen LogP contribution < -0.4 is 15.5 Å². The van der Waals surface area contributed by atoms with E-state index in [1.807, 2.05) is 6.07 Å². The molecule has 2 aromatic rings. The molecule has 1 saturated heterocycles. The molecule has 1 atom stereocenters. The van der Waals surface area contributed by atoms with Crippen molar-refractivity contribution in [3.63, 3.8) is 0 Å². The van der Waals surface area contributed by atoms with Crippen LogP contribution in [0.25, 0.3) is 0 Å². The first-order chi connectivity index (χ1) is 14.9. The Morgan fingerprint density at radius 1 is 1.26 bits per heavy atom. The third kappa shape index (κ3) is 3.79. The van der Waals surface area contributed by atoms with E-state index in [0.29, 0.717) is 55.5 Å². The van der Waals surface area contributed by atoms with Crippen LogP contribution >= 0.6 is 0 Å². The van der Waals surface area contributed by atoms with Gasteiger partial charge < -0.3 is 25.2 Å². The fourth-order valence-corrected chi connectivity index (χ4v) is 3.84. The van der Waals surface area contributed by atoms with E-state index in [4.69, 9.17) is 0 Å². The number of H-pyrrole nitrogens is 1. The highest BCUT2D eigenvalue weighted by Crippen LogP contribution is 2.31. The van der Waals surface area contributed by atoms with Crippen LogP contribution in [0.3, 0.4) is 0 Å². The van der Waals surface area contributed by atoms with Crippen LogP contribution in [-0.2, 0) is 0 Å². The number of anilines is 2. The van der Waals surface area contributed by atoms with Crippen molar-refractivity contribution in [3.8, 4) is 0 Å². The van der Waals surface area contributed by atoms with E-state index in [9.17, 15) is 19.5 Å². The second kappa shape index (κ2) is 8.26. The first kappa shape index (κ1) is 20.7. The zero-order valence-corrected chi connectivity index (χ0v) is 17.4. The number of carbonyl (C=O) groups excluding carboxylic acids is 3. The second-order valence-electron chi connectivity index (χ2n) is 7.36. The van der Waals surface area contributed by atoms with Gasteiger partial charge in [0.15, 0.2) is 6.23 Å². The van der Waals surface area contributed by atoms with Crippen LogP contribution in [0.4, 0.5) is 16.3 Å². The number of rotatable bonds is 4. The minimum atomic E-state index is -1.09. The van der Waals surface area contributed by atoms with Crippen LogP contribution in [0.5, 0.6) is 0 Å². The van der Waals surface area contributed by atoms with Crippen LogP contribution in [0.1, 0.15) is 39.7 Å². The number of aliphatic hydroxyl groups is 1. The predicted molar refractivity (Wildman–Crippen MR) is 113 cm³/mol. The summed E-state index contributed by atoms with van der Waals surface area (Å²) in [5, 5.41) is 15.6. The first-order valence-electron chi connectivity index (χ1n) is 10.1. The summed E-state index contributed by atoms with van der Waals surface area (Å²) in [6.07, 6.45) is 0.568. The number of urea groups is 1. The molecule has 4 heterocycles. The van der Waals surface area contributed by atoms with Crippen molar-refractivity contribution in [2.24, 2.45) is 0 Å². The van der Waals surface area contributed by atoms with Gasteiger partial charge in [-0.25, -0.2) is 9.78 Å². The van der Waals surface area contributed by atoms with Gasteiger partial charge in [-0.05, 0) is 25.1 Å². The van der Waals surface area contributed by atoms with E-state index in [-0.39, 0.29) is 11.8 Å². The highest BCUT2D eigenvalue weighted by Gasteiger charge is 2.33. The number of pyridine rings is 1. The normalized spacial score (nSPS) is 18.5. The second-order valence-corrected chi connectivity index (χ2v) is 7.36. The number of aliphatic hydroxyl groups excluding tert-OH is 1. The van der Waals surface area contributed by atoms with E-state index in [1.54, 1.807) is 37.2 Å². The number of aromatic amines is 1. The molecule has 0 saturated carbocycles. The zero-order valence-electron chi connectivity index (χ0n) is 17.4. The van der Waals surface area contributed by atoms with Gasteiger partial charge >= 0.3 is 6.03 Å². The Labute approximate surface area is 179 Å². The minimum Gasteiger partial charge on any atom is -0.369 e. The third-order valence-corrected chi connectivity index (χ3v) is 5.63. The highest BCUT2D eigenvalue weighted by atomic mass is 16.3. The molecule has 2 aliphatic heterocycles. The van der Waals surface area contributed by atoms with Gasteiger partial charge in [0.05, 0.1) is 11.9 Å². The lowest BCUT2D eigenvalue weighted by Crippen LogP contribution is -2.49. The molecule has 4 amide bonds. The maximum Gasteiger partial charge on any atom is 0.325 e. The first-order valence-corrected chi connectivity index (χ1v) is 10.1. The molecule has 4 N–H and O–H groups in total. The quantitative estimate of drug-likeness (QED) is 0.564. The Kier molecular flexibility index (Phi) is 5.51. The lowest BCUT2D eigenvalue weighted by molar-refractivity contribution is 0.0345. The standard InChI is InChI=1S/C20H25N7O4/c1-3-27-18(29)13-10-15(23-16(13)24-20(27)31)19(30)26-8-6-25(7-9-26)12-4-5-14(22-11-12)17(28)21-2/h4-5,10-11,18,23,29H,3,6-9H2,1-2H3,(H,21,28)(H,24,31). The van der Waals surface area contributed by atoms with Crippen molar-refractivity contribution in [2.45, 2.75) is 13.2 Å². The maximum atomic E-state index is 13.0. The monoisotopic (exact) mass is 427 g/mol. The van der Waals surface area contributed by atoms with Gasteiger partial charge in [-0.2, -0.15) is 0 Å². The number of amides is 4. The van der Waals surface area contributed by atoms with Gasteiger partial charge in [0, 0.05) is 45.3 Å². The van der Waals surface area contributed by atoms with Crippen molar-refractivity contribution in [1.29, 1.82) is 0 Å². The van der Waals surface area contributed by atoms with E-state index in [2.05, 4.69) is 25.5 Å². The number of piperazine rings is 1. The summed E-state index contributed by atoms with van der Waals surface area (Å²) in [7, 11) is 1.56. The Morgan fingerprint density at radius 2 is 2.00 bits per heavy atom. The van der Waals surface area contributed by atoms with Gasteiger partial charge in [0.25, 0.3) is 11.8 Å². The Hall–Kier alpha value is -3.60. The summed E-state index contributed by atoms with van der Waals surface area (Å²) in [6.45, 7) is 4.38. The topological polar surface area (TPSA) is 134 Å². The van der Waals surface area contributed by atoms with Crippen molar-refractivity contribution >= 4 is 29.4 Å². The van der Waals surface area contributed by atoms with Gasteiger partial charge in [0.2, 0.25) is 0 Å². The number of hydrogen-bond donors (Lipinski definition) is 4. The van der Waals surface area contributed by atoms with Crippen molar-refractivity contribution in [3.05, 3.63) is 41.3 Å². The van der Waals surface area contributed by atoms with Gasteiger partial charge in [0.1, 0.15) is 17.2 Å². The average Bonchev–Trinajstić information content (AvgIpc) is 3.23. The molecule has 0 aliphatic carbocycles. The number of nitrogens with one attached hydrogen (secondary N) is 3. The fraction of sp³-hybridized carbons (Fsp3) is 0.400. The smallest absolute Gasteiger partial charge is 0.325 e. The minimum absolute atomic E-state index is 0.188. The number of fused-ring (bicyclic) bond motifs is 1. The van der Waals surface area contributed by atoms with Crippen LogP contribution in [0.15, 0.2) is 24.4 Å². The number of nitrogens with zero attached hydrogens (tertiary/aromatic N) is 4. The highest BCUT2D eigenvalue weighted by molar-refractivity contribution is 5.97. The number of aromatic nitrogens is 2. The van der Waals surface area contributed by atoms with Crippen LogP contribution in [-0.4, -0.2) is 82.5 Å². The molecule has 31 heavy (non-hydrogen) atoms. The van der Waals surface area contributed by atoms with Crippen molar-refractivity contribution < 1.29 is 19.5 Å². The lowest BCUT2D eigenvalue weighted by atomic mass is 10.2. The molecule has 4 rings (SSSR count). The summed E-state index contributed by atoms with van der Waals surface area (Å²) in [5.74, 6) is -0.0721. The molecule has 0 aromatic carbocycles. The molecule has 2 aliphatic rings. The SMILES string of the molecule is CCN1C(=O)Nc2[nH]c(C(=O)N3CCN(c4ccc(C(=O)NC)nc4)CC3)cc2C1O. The van der Waals surface area contributed by atoms with Crippen molar-refractivity contribution in [2.75, 3.05) is 50.0 Å². The average molecular weight is 427 g/mol. The molecular weight excluding hydrogens is 402 g/mol. The summed E-state index contributed by atoms with van der Waals surface area (Å²) < 4.78 is 0. The van der Waals surface area contributed by atoms with E-state index >= 15 is 0 Å². The summed E-state index contributed by atoms with van der Waals surface area (Å²) in [4.78, 5) is 48.9. The van der Waals surface area contributed by atoms with Gasteiger partial charge in [-0.3, -0.25) is 19.8 Å². The van der Waals surface area contributed by atoms with Crippen LogP contribution in [0, 0.1) is 0 Å². The molecule has 11 heteroatoms. The molecule has 164 valence electrons. The predicted octanol–water partition coefficient (Wildman–Crippen LogP) is 0.590. The maximum absolute atomic E-state index is 13.0. The lowest BCUT2D eigenvalue weighted by Gasteiger charge is -2.35. The molecular formula is C20H25N7O4. The van der Waals surface area contributed by atoms with Crippen LogP contribution in [0.2, 0.25) is 0 Å². The summed E-state index contributed by atoms with van der Waals surface area (Å²) in [5.41, 5.74) is 2.05. The van der Waals surface area contributed by atoms with E-state index in [0.717, 1.165) is 5.69 Å². The zero-order chi connectivity index (χ0) is 22.1. The third-order valence-electron chi connectivity index (χ3n) is 5.63. The van der Waals surface area contributed by atoms with Crippen molar-refractivity contribution in [1.82, 2.24) is 25.1 Å². The molecule has 1 fully saturated rings. The summed E-state index contributed by atoms with van der Waals surface area (Å²) in [6, 6.07) is 4.71. The molecule has 11 nitrogen and oxygen atoms in total. The number of hydrogen-bond acceptors (Lipinski definition) is 6. The molecule has 2 aromatic heterocycles. The van der Waals surface area contributed by atoms with E-state index in [1.165, 1.54) is 4.90 Å².